The highest BCUT2D eigenvalue weighted by atomic mass is 14.1. The average molecular weight is 192 g/mol. The van der Waals surface area contributed by atoms with E-state index >= 15 is 0 Å². The number of rotatable bonds is 4. The summed E-state index contributed by atoms with van der Waals surface area (Å²) in [5.74, 6) is 9.32. The van der Waals surface area contributed by atoms with Crippen LogP contribution in [-0.2, 0) is 0 Å². The molecule has 2 atom stereocenters. The smallest absolute Gasteiger partial charge is 0.155 e. The molecule has 0 aromatic carbocycles. The van der Waals surface area contributed by atoms with Gasteiger partial charge in [-0.15, -0.1) is 5.92 Å². The van der Waals surface area contributed by atoms with Crippen molar-refractivity contribution in [3.8, 4) is 11.7 Å². The van der Waals surface area contributed by atoms with E-state index in [1.54, 1.807) is 0 Å². The first-order valence-electron chi connectivity index (χ1n) is 5.84. The molecule has 0 bridgehead atoms. The Morgan fingerprint density at radius 3 is 1.36 bits per heavy atom. The predicted molar refractivity (Wildman–Crippen MR) is 67.7 cm³/mol. The van der Waals surface area contributed by atoms with Crippen molar-refractivity contribution in [2.45, 2.75) is 60.1 Å². The summed E-state index contributed by atoms with van der Waals surface area (Å²) in [7, 11) is 0. The lowest BCUT2D eigenvalue weighted by atomic mass is 9.32. The van der Waals surface area contributed by atoms with Crippen molar-refractivity contribution < 1.29 is 0 Å². The zero-order chi connectivity index (χ0) is 11.3. The Hall–Kier alpha value is -0.375. The van der Waals surface area contributed by atoms with Crippen molar-refractivity contribution in [2.75, 3.05) is 0 Å². The zero-order valence-electron chi connectivity index (χ0n) is 10.9. The van der Waals surface area contributed by atoms with Gasteiger partial charge in [-0.05, 0) is 6.92 Å². The minimum absolute atomic E-state index is 0.556. The van der Waals surface area contributed by atoms with Crippen LogP contribution in [0.2, 0.25) is 11.6 Å². The Bertz CT molecular complexity index is 193. The first-order valence-corrected chi connectivity index (χ1v) is 5.84. The largest absolute Gasteiger partial charge is 0.237 e. The maximum atomic E-state index is 3.39. The summed E-state index contributed by atoms with van der Waals surface area (Å²) in [5, 5.41) is 0. The van der Waals surface area contributed by atoms with E-state index in [1.807, 2.05) is 6.92 Å². The maximum Gasteiger partial charge on any atom is 0.237 e. The molecule has 0 aromatic rings. The van der Waals surface area contributed by atoms with Crippen LogP contribution >= 0.6 is 0 Å². The van der Waals surface area contributed by atoms with Gasteiger partial charge in [-0.1, -0.05) is 65.0 Å². The van der Waals surface area contributed by atoms with E-state index in [1.165, 1.54) is 0 Å². The van der Waals surface area contributed by atoms with Gasteiger partial charge in [0.05, 0.1) is 0 Å². The van der Waals surface area contributed by atoms with Gasteiger partial charge in [-0.25, -0.2) is 0 Å². The van der Waals surface area contributed by atoms with Gasteiger partial charge in [-0.3, -0.25) is 0 Å². The van der Waals surface area contributed by atoms with Crippen LogP contribution in [-0.4, -0.2) is 6.71 Å². The molecule has 80 valence electrons. The molecule has 0 unspecified atom stereocenters. The third-order valence-electron chi connectivity index (χ3n) is 3.55. The molecule has 14 heavy (non-hydrogen) atoms. The van der Waals surface area contributed by atoms with Crippen molar-refractivity contribution in [1.82, 2.24) is 0 Å². The summed E-state index contributed by atoms with van der Waals surface area (Å²) in [6, 6.07) is 0. The fourth-order valence-electron chi connectivity index (χ4n) is 1.74. The lowest BCUT2D eigenvalue weighted by Crippen LogP contribution is -2.28. The Labute approximate surface area is 90.9 Å². The van der Waals surface area contributed by atoms with Crippen LogP contribution in [0.25, 0.3) is 0 Å². The van der Waals surface area contributed by atoms with E-state index in [4.69, 9.17) is 0 Å². The molecule has 0 saturated carbocycles. The van der Waals surface area contributed by atoms with Crippen LogP contribution in [0.4, 0.5) is 0 Å². The molecule has 0 aliphatic rings. The minimum Gasteiger partial charge on any atom is -0.155 e. The normalized spacial score (nSPS) is 14.9. The second kappa shape index (κ2) is 6.17. The van der Waals surface area contributed by atoms with E-state index < -0.39 is 0 Å². The molecule has 0 saturated heterocycles. The molecule has 0 aliphatic carbocycles. The molecule has 0 aliphatic heterocycles. The third kappa shape index (κ3) is 3.78. The molecule has 1 heteroatoms. The van der Waals surface area contributed by atoms with Crippen LogP contribution in [0.15, 0.2) is 0 Å². The van der Waals surface area contributed by atoms with Gasteiger partial charge in [0.2, 0.25) is 6.71 Å². The predicted octanol–water partition coefficient (Wildman–Crippen LogP) is 4.14. The Kier molecular flexibility index (Phi) is 6.01. The van der Waals surface area contributed by atoms with Gasteiger partial charge in [0.1, 0.15) is 0 Å². The van der Waals surface area contributed by atoms with Crippen molar-refractivity contribution in [3.05, 3.63) is 0 Å². The summed E-state index contributed by atoms with van der Waals surface area (Å²) < 4.78 is 0. The summed E-state index contributed by atoms with van der Waals surface area (Å²) in [4.78, 5) is 0. The summed E-state index contributed by atoms with van der Waals surface area (Å²) in [6.07, 6.45) is 0. The van der Waals surface area contributed by atoms with Crippen molar-refractivity contribution in [2.24, 2.45) is 11.8 Å². The Balaban J connectivity index is 4.64. The summed E-state index contributed by atoms with van der Waals surface area (Å²) in [6.45, 7) is 16.3. The van der Waals surface area contributed by atoms with Crippen LogP contribution in [0.3, 0.4) is 0 Å². The highest BCUT2D eigenvalue weighted by molar-refractivity contribution is 6.70. The quantitative estimate of drug-likeness (QED) is 0.464. The van der Waals surface area contributed by atoms with Crippen molar-refractivity contribution in [1.29, 1.82) is 0 Å². The van der Waals surface area contributed by atoms with Gasteiger partial charge in [-0.2, -0.15) is 5.82 Å². The summed E-state index contributed by atoms with van der Waals surface area (Å²) in [5.41, 5.74) is 0. The van der Waals surface area contributed by atoms with Gasteiger partial charge in [0, 0.05) is 0 Å². The molecule has 0 heterocycles. The van der Waals surface area contributed by atoms with E-state index in [2.05, 4.69) is 53.3 Å². The second-order valence-electron chi connectivity index (χ2n) is 5.13. The standard InChI is InChI=1S/C13H25B/c1-8-9-14(12(6)10(2)3)13(7)11(4)5/h10-13H,1-7H3/t12-,13-/m1/s1. The van der Waals surface area contributed by atoms with Gasteiger partial charge in [0.25, 0.3) is 0 Å². The number of hydrogen-bond donors (Lipinski definition) is 0. The SMILES string of the molecule is CC#CB([C@H](C)C(C)C)[C@H](C)C(C)C. The minimum atomic E-state index is 0.556. The van der Waals surface area contributed by atoms with E-state index in [-0.39, 0.29) is 0 Å². The van der Waals surface area contributed by atoms with Crippen LogP contribution in [0.5, 0.6) is 0 Å². The lowest BCUT2D eigenvalue weighted by molar-refractivity contribution is 0.568. The lowest BCUT2D eigenvalue weighted by Gasteiger charge is -2.27. The Morgan fingerprint density at radius 1 is 0.786 bits per heavy atom. The average Bonchev–Trinajstić information content (AvgIpc) is 2.11. The van der Waals surface area contributed by atoms with E-state index in [0.717, 1.165) is 11.8 Å². The van der Waals surface area contributed by atoms with Crippen LogP contribution in [0.1, 0.15) is 48.5 Å². The molecule has 0 rings (SSSR count). The highest BCUT2D eigenvalue weighted by Crippen LogP contribution is 2.31. The highest BCUT2D eigenvalue weighted by Gasteiger charge is 2.29. The van der Waals surface area contributed by atoms with Gasteiger partial charge >= 0.3 is 0 Å². The van der Waals surface area contributed by atoms with E-state index in [0.29, 0.717) is 18.3 Å². The zero-order valence-corrected chi connectivity index (χ0v) is 10.9. The first-order chi connectivity index (χ1) is 6.41. The summed E-state index contributed by atoms with van der Waals surface area (Å²) >= 11 is 0. The van der Waals surface area contributed by atoms with Gasteiger partial charge < -0.3 is 0 Å². The monoisotopic (exact) mass is 192 g/mol. The van der Waals surface area contributed by atoms with Crippen LogP contribution < -0.4 is 0 Å². The molecular formula is C13H25B. The molecule has 0 nitrogen and oxygen atoms in total. The molecule has 0 aromatic heterocycles. The molecular weight excluding hydrogens is 167 g/mol. The molecule has 0 fully saturated rings. The molecule has 0 spiro atoms. The fourth-order valence-corrected chi connectivity index (χ4v) is 1.74. The van der Waals surface area contributed by atoms with Gasteiger partial charge in [0.15, 0.2) is 0 Å². The van der Waals surface area contributed by atoms with E-state index in [9.17, 15) is 0 Å². The molecule has 0 amide bonds. The number of hydrogen-bond acceptors (Lipinski definition) is 0. The molecule has 0 N–H and O–H groups in total. The molecule has 0 radical (unpaired) electrons. The van der Waals surface area contributed by atoms with Crippen molar-refractivity contribution in [3.63, 3.8) is 0 Å². The maximum absolute atomic E-state index is 3.39. The topological polar surface area (TPSA) is 0 Å². The van der Waals surface area contributed by atoms with Crippen molar-refractivity contribution >= 4 is 6.71 Å². The first kappa shape index (κ1) is 13.6. The van der Waals surface area contributed by atoms with Crippen LogP contribution in [0, 0.1) is 23.6 Å². The Morgan fingerprint density at radius 2 is 1.14 bits per heavy atom. The fraction of sp³-hybridized carbons (Fsp3) is 0.846. The third-order valence-corrected chi connectivity index (χ3v) is 3.55. The second-order valence-corrected chi connectivity index (χ2v) is 5.13.